The van der Waals surface area contributed by atoms with Crippen molar-refractivity contribution in [1.29, 1.82) is 0 Å². The number of aliphatic hydroxyl groups is 1. The van der Waals surface area contributed by atoms with Crippen LogP contribution in [0.2, 0.25) is 0 Å². The number of rotatable bonds is 1. The van der Waals surface area contributed by atoms with Crippen LogP contribution in [0.15, 0.2) is 0 Å². The topological polar surface area (TPSA) is 37.3 Å². The Kier molecular flexibility index (Phi) is 3.71. The minimum Gasteiger partial charge on any atom is -0.389 e. The molecule has 0 aromatic carbocycles. The standard InChI is InChI=1S/C13H20O2S/c1-2-3-4-8-13(14)9-11-6-5-7-12(10-13)16(11)15/h11-12,14H,2,5-10H2,1H3. The van der Waals surface area contributed by atoms with Crippen LogP contribution in [0.3, 0.4) is 0 Å². The summed E-state index contributed by atoms with van der Waals surface area (Å²) in [5.74, 6) is 6.06. The second-order valence-corrected chi connectivity index (χ2v) is 7.01. The van der Waals surface area contributed by atoms with Gasteiger partial charge in [-0.05, 0) is 25.7 Å². The van der Waals surface area contributed by atoms with Crippen LogP contribution >= 0.6 is 0 Å². The SMILES string of the molecule is CCC#CCC1(O)CC2CCCC(C1)S2=O. The fraction of sp³-hybridized carbons (Fsp3) is 0.846. The zero-order valence-electron chi connectivity index (χ0n) is 9.87. The van der Waals surface area contributed by atoms with E-state index in [0.29, 0.717) is 19.3 Å². The summed E-state index contributed by atoms with van der Waals surface area (Å²) in [7, 11) is -0.698. The van der Waals surface area contributed by atoms with Crippen molar-refractivity contribution in [2.45, 2.75) is 68.0 Å². The van der Waals surface area contributed by atoms with Crippen LogP contribution in [0.4, 0.5) is 0 Å². The third-order valence-electron chi connectivity index (χ3n) is 3.64. The summed E-state index contributed by atoms with van der Waals surface area (Å²) in [6, 6.07) is 0. The Bertz CT molecular complexity index is 324. The Morgan fingerprint density at radius 2 is 1.94 bits per heavy atom. The van der Waals surface area contributed by atoms with Crippen molar-refractivity contribution in [2.24, 2.45) is 0 Å². The van der Waals surface area contributed by atoms with Crippen molar-refractivity contribution in [3.63, 3.8) is 0 Å². The van der Waals surface area contributed by atoms with E-state index in [-0.39, 0.29) is 10.5 Å². The Balaban J connectivity index is 2.05. The Hall–Kier alpha value is -0.330. The van der Waals surface area contributed by atoms with E-state index in [1.165, 1.54) is 6.42 Å². The van der Waals surface area contributed by atoms with Crippen molar-refractivity contribution in [3.8, 4) is 11.8 Å². The summed E-state index contributed by atoms with van der Waals surface area (Å²) in [5.41, 5.74) is -0.661. The first-order valence-corrected chi connectivity index (χ1v) is 7.50. The molecule has 2 fully saturated rings. The number of hydrogen-bond donors (Lipinski definition) is 1. The molecule has 0 saturated carbocycles. The molecule has 0 aliphatic carbocycles. The second kappa shape index (κ2) is 4.89. The molecule has 2 saturated heterocycles. The molecule has 0 amide bonds. The first kappa shape index (κ1) is 12.1. The Morgan fingerprint density at radius 3 is 2.50 bits per heavy atom. The molecule has 16 heavy (non-hydrogen) atoms. The zero-order chi connectivity index (χ0) is 11.6. The van der Waals surface area contributed by atoms with Gasteiger partial charge in [-0.25, -0.2) is 0 Å². The molecule has 0 aromatic heterocycles. The average molecular weight is 240 g/mol. The van der Waals surface area contributed by atoms with Crippen LogP contribution in [0.25, 0.3) is 0 Å². The normalized spacial score (nSPS) is 42.2. The summed E-state index contributed by atoms with van der Waals surface area (Å²) in [6.45, 7) is 2.02. The molecular weight excluding hydrogens is 220 g/mol. The van der Waals surface area contributed by atoms with E-state index in [1.807, 2.05) is 6.92 Å². The largest absolute Gasteiger partial charge is 0.389 e. The first-order chi connectivity index (χ1) is 7.64. The van der Waals surface area contributed by atoms with Gasteiger partial charge in [0.1, 0.15) is 0 Å². The molecule has 3 heteroatoms. The fourth-order valence-electron chi connectivity index (χ4n) is 2.87. The quantitative estimate of drug-likeness (QED) is 0.712. The van der Waals surface area contributed by atoms with Gasteiger partial charge in [-0.3, -0.25) is 4.21 Å². The van der Waals surface area contributed by atoms with E-state index in [2.05, 4.69) is 11.8 Å². The van der Waals surface area contributed by atoms with E-state index in [9.17, 15) is 9.32 Å². The van der Waals surface area contributed by atoms with Gasteiger partial charge < -0.3 is 5.11 Å². The molecule has 2 rings (SSSR count). The van der Waals surface area contributed by atoms with Crippen molar-refractivity contribution >= 4 is 10.8 Å². The molecule has 2 aliphatic heterocycles. The lowest BCUT2D eigenvalue weighted by Gasteiger charge is -2.42. The smallest absolute Gasteiger partial charge is 0.0779 e. The number of hydrogen-bond acceptors (Lipinski definition) is 2. The monoisotopic (exact) mass is 240 g/mol. The van der Waals surface area contributed by atoms with E-state index < -0.39 is 16.4 Å². The van der Waals surface area contributed by atoms with Gasteiger partial charge in [-0.15, -0.1) is 11.8 Å². The predicted molar refractivity (Wildman–Crippen MR) is 66.4 cm³/mol. The van der Waals surface area contributed by atoms with E-state index in [1.54, 1.807) is 0 Å². The average Bonchev–Trinajstić information content (AvgIpc) is 2.21. The molecule has 0 spiro atoms. The van der Waals surface area contributed by atoms with Crippen LogP contribution in [-0.2, 0) is 10.8 Å². The zero-order valence-corrected chi connectivity index (χ0v) is 10.7. The van der Waals surface area contributed by atoms with E-state index in [0.717, 1.165) is 19.3 Å². The van der Waals surface area contributed by atoms with Gasteiger partial charge in [0.2, 0.25) is 0 Å². The molecular formula is C13H20O2S. The van der Waals surface area contributed by atoms with Gasteiger partial charge >= 0.3 is 0 Å². The van der Waals surface area contributed by atoms with Gasteiger partial charge in [0, 0.05) is 34.1 Å². The number of fused-ring (bicyclic) bond motifs is 2. The molecule has 0 aromatic rings. The van der Waals surface area contributed by atoms with Crippen LogP contribution < -0.4 is 0 Å². The lowest BCUT2D eigenvalue weighted by atomic mass is 9.83. The van der Waals surface area contributed by atoms with Crippen molar-refractivity contribution in [3.05, 3.63) is 0 Å². The molecule has 2 heterocycles. The van der Waals surface area contributed by atoms with Crippen LogP contribution in [-0.4, -0.2) is 25.4 Å². The molecule has 90 valence electrons. The van der Waals surface area contributed by atoms with Gasteiger partial charge in [0.15, 0.2) is 0 Å². The molecule has 2 nitrogen and oxygen atoms in total. The highest BCUT2D eigenvalue weighted by Crippen LogP contribution is 2.40. The maximum atomic E-state index is 12.0. The van der Waals surface area contributed by atoms with E-state index >= 15 is 0 Å². The van der Waals surface area contributed by atoms with Gasteiger partial charge in [-0.2, -0.15) is 0 Å². The summed E-state index contributed by atoms with van der Waals surface area (Å²) < 4.78 is 12.0. The molecule has 1 N–H and O–H groups in total. The van der Waals surface area contributed by atoms with Gasteiger partial charge in [-0.1, -0.05) is 13.3 Å². The van der Waals surface area contributed by atoms with Crippen molar-refractivity contribution in [1.82, 2.24) is 0 Å². The molecule has 2 aliphatic rings. The highest BCUT2D eigenvalue weighted by Gasteiger charge is 2.44. The van der Waals surface area contributed by atoms with Crippen molar-refractivity contribution in [2.75, 3.05) is 0 Å². The summed E-state index contributed by atoms with van der Waals surface area (Å²) in [4.78, 5) is 0. The van der Waals surface area contributed by atoms with Gasteiger partial charge in [0.05, 0.1) is 5.60 Å². The maximum Gasteiger partial charge on any atom is 0.0779 e. The molecule has 2 atom stereocenters. The first-order valence-electron chi connectivity index (χ1n) is 6.22. The highest BCUT2D eigenvalue weighted by atomic mass is 32.2. The lowest BCUT2D eigenvalue weighted by Crippen LogP contribution is -2.48. The molecule has 0 radical (unpaired) electrons. The molecule has 2 bridgehead atoms. The Labute approximate surface area is 100 Å². The second-order valence-electron chi connectivity index (χ2n) is 5.02. The minimum absolute atomic E-state index is 0.223. The lowest BCUT2D eigenvalue weighted by molar-refractivity contribution is 0.0159. The summed E-state index contributed by atoms with van der Waals surface area (Å²) in [5, 5.41) is 10.9. The fourth-order valence-corrected chi connectivity index (χ4v) is 5.16. The van der Waals surface area contributed by atoms with Crippen molar-refractivity contribution < 1.29 is 9.32 Å². The Morgan fingerprint density at radius 1 is 1.31 bits per heavy atom. The molecule has 2 unspecified atom stereocenters. The van der Waals surface area contributed by atoms with E-state index in [4.69, 9.17) is 0 Å². The third-order valence-corrected chi connectivity index (χ3v) is 5.76. The van der Waals surface area contributed by atoms with Gasteiger partial charge in [0.25, 0.3) is 0 Å². The summed E-state index contributed by atoms with van der Waals surface area (Å²) >= 11 is 0. The van der Waals surface area contributed by atoms with Crippen LogP contribution in [0, 0.1) is 11.8 Å². The predicted octanol–water partition coefficient (Wildman–Crippen LogP) is 1.98. The minimum atomic E-state index is -0.698. The third kappa shape index (κ3) is 2.49. The summed E-state index contributed by atoms with van der Waals surface area (Å²) in [6.07, 6.45) is 6.00. The highest BCUT2D eigenvalue weighted by molar-refractivity contribution is 7.86. The maximum absolute atomic E-state index is 12.0. The van der Waals surface area contributed by atoms with Crippen LogP contribution in [0.5, 0.6) is 0 Å². The van der Waals surface area contributed by atoms with Crippen LogP contribution in [0.1, 0.15) is 51.9 Å².